The van der Waals surface area contributed by atoms with Gasteiger partial charge in [-0.15, -0.1) is 0 Å². The van der Waals surface area contributed by atoms with Gasteiger partial charge < -0.3 is 11.1 Å². The highest BCUT2D eigenvalue weighted by molar-refractivity contribution is 5.96. The van der Waals surface area contributed by atoms with Crippen LogP contribution in [0.4, 0.5) is 11.4 Å². The zero-order chi connectivity index (χ0) is 9.97. The van der Waals surface area contributed by atoms with Gasteiger partial charge in [0.25, 0.3) is 0 Å². The van der Waals surface area contributed by atoms with E-state index in [2.05, 4.69) is 17.2 Å². The normalized spacial score (nSPS) is 10.4. The summed E-state index contributed by atoms with van der Waals surface area (Å²) in [6, 6.07) is 7.97. The Balaban J connectivity index is 2.69. The second-order valence-corrected chi connectivity index (χ2v) is 3.14. The number of para-hydroxylation sites is 1. The maximum atomic E-state index is 5.85. The third-order valence-corrected chi connectivity index (χ3v) is 2.16. The highest BCUT2D eigenvalue weighted by Gasteiger charge is 2.03. The number of nitrogens with two attached hydrogens (primary N) is 1. The zero-order valence-corrected chi connectivity index (χ0v) is 8.12. The van der Waals surface area contributed by atoms with Crippen LogP contribution in [0.2, 0.25) is 0 Å². The molecule has 0 aliphatic carbocycles. The summed E-state index contributed by atoms with van der Waals surface area (Å²) in [5, 5.41) is 4.33. The number of fused-ring (bicyclic) bond motifs is 1. The number of nitrogens with one attached hydrogen (secondary N) is 1. The summed E-state index contributed by atoms with van der Waals surface area (Å²) in [6.45, 7) is 2.91. The molecule has 0 aliphatic heterocycles. The molecule has 0 amide bonds. The summed E-state index contributed by atoms with van der Waals surface area (Å²) in [4.78, 5) is 4.26. The second kappa shape index (κ2) is 3.54. The van der Waals surface area contributed by atoms with Crippen molar-refractivity contribution in [2.45, 2.75) is 6.92 Å². The molecule has 0 saturated heterocycles. The summed E-state index contributed by atoms with van der Waals surface area (Å²) >= 11 is 0. The van der Waals surface area contributed by atoms with E-state index in [9.17, 15) is 0 Å². The van der Waals surface area contributed by atoms with E-state index in [0.717, 1.165) is 23.1 Å². The maximum absolute atomic E-state index is 5.85. The average Bonchev–Trinajstić information content (AvgIpc) is 2.23. The molecule has 0 spiro atoms. The average molecular weight is 187 g/mol. The number of nitrogen functional groups attached to an aromatic ring is 1. The van der Waals surface area contributed by atoms with E-state index in [0.29, 0.717) is 5.69 Å². The van der Waals surface area contributed by atoms with Gasteiger partial charge >= 0.3 is 0 Å². The molecule has 3 N–H and O–H groups in total. The maximum Gasteiger partial charge on any atom is 0.0743 e. The Bertz CT molecular complexity index is 451. The quantitative estimate of drug-likeness (QED) is 0.758. The fourth-order valence-corrected chi connectivity index (χ4v) is 1.53. The minimum Gasteiger partial charge on any atom is -0.396 e. The van der Waals surface area contributed by atoms with Crippen LogP contribution in [-0.2, 0) is 0 Å². The highest BCUT2D eigenvalue weighted by atomic mass is 14.9. The van der Waals surface area contributed by atoms with Gasteiger partial charge in [-0.25, -0.2) is 0 Å². The lowest BCUT2D eigenvalue weighted by Gasteiger charge is -2.09. The second-order valence-electron chi connectivity index (χ2n) is 3.14. The topological polar surface area (TPSA) is 50.9 Å². The first-order valence-corrected chi connectivity index (χ1v) is 4.70. The molecule has 2 aromatic rings. The van der Waals surface area contributed by atoms with Crippen molar-refractivity contribution in [3.8, 4) is 0 Å². The van der Waals surface area contributed by atoms with Crippen molar-refractivity contribution >= 4 is 22.3 Å². The molecular formula is C11H13N3. The third-order valence-electron chi connectivity index (χ3n) is 2.16. The number of nitrogens with zero attached hydrogens (tertiary/aromatic N) is 1. The Morgan fingerprint density at radius 3 is 2.93 bits per heavy atom. The van der Waals surface area contributed by atoms with Crippen molar-refractivity contribution in [2.24, 2.45) is 0 Å². The van der Waals surface area contributed by atoms with Crippen LogP contribution >= 0.6 is 0 Å². The van der Waals surface area contributed by atoms with Gasteiger partial charge in [0.2, 0.25) is 0 Å². The van der Waals surface area contributed by atoms with Gasteiger partial charge in [0, 0.05) is 11.9 Å². The fourth-order valence-electron chi connectivity index (χ4n) is 1.53. The highest BCUT2D eigenvalue weighted by Crippen LogP contribution is 2.26. The van der Waals surface area contributed by atoms with Crippen LogP contribution in [0.15, 0.2) is 30.5 Å². The molecule has 0 radical (unpaired) electrons. The van der Waals surface area contributed by atoms with E-state index < -0.39 is 0 Å². The standard InChI is InChI=1S/C11H13N3/c1-2-13-11-8-5-3-4-6-10(8)14-7-9(11)12/h3-7H,2,12H2,1H3,(H,13,14). The molecule has 1 aromatic carbocycles. The van der Waals surface area contributed by atoms with Crippen LogP contribution in [0.5, 0.6) is 0 Å². The lowest BCUT2D eigenvalue weighted by Crippen LogP contribution is -2.02. The first-order valence-electron chi connectivity index (χ1n) is 4.70. The van der Waals surface area contributed by atoms with Crippen molar-refractivity contribution < 1.29 is 0 Å². The summed E-state index contributed by atoms with van der Waals surface area (Å²) < 4.78 is 0. The molecule has 0 saturated carbocycles. The molecule has 0 aliphatic rings. The molecule has 0 unspecified atom stereocenters. The van der Waals surface area contributed by atoms with E-state index in [1.54, 1.807) is 6.20 Å². The monoisotopic (exact) mass is 187 g/mol. The van der Waals surface area contributed by atoms with Crippen LogP contribution in [0.3, 0.4) is 0 Å². The Morgan fingerprint density at radius 1 is 1.36 bits per heavy atom. The van der Waals surface area contributed by atoms with Crippen LogP contribution in [0.25, 0.3) is 10.9 Å². The number of hydrogen-bond acceptors (Lipinski definition) is 3. The van der Waals surface area contributed by atoms with Gasteiger partial charge in [-0.1, -0.05) is 18.2 Å². The Labute approximate surface area is 83.0 Å². The van der Waals surface area contributed by atoms with Crippen molar-refractivity contribution in [2.75, 3.05) is 17.6 Å². The molecule has 0 bridgehead atoms. The molecule has 1 heterocycles. The first-order chi connectivity index (χ1) is 6.83. The smallest absolute Gasteiger partial charge is 0.0743 e. The fraction of sp³-hybridized carbons (Fsp3) is 0.182. The SMILES string of the molecule is CCNc1c(N)cnc2ccccc12. The molecule has 1 aromatic heterocycles. The number of benzene rings is 1. The van der Waals surface area contributed by atoms with Crippen molar-refractivity contribution in [3.05, 3.63) is 30.5 Å². The van der Waals surface area contributed by atoms with E-state index in [1.807, 2.05) is 24.3 Å². The first kappa shape index (κ1) is 8.81. The zero-order valence-electron chi connectivity index (χ0n) is 8.12. The number of aromatic nitrogens is 1. The lowest BCUT2D eigenvalue weighted by molar-refractivity contribution is 1.22. The van der Waals surface area contributed by atoms with Gasteiger partial charge in [0.05, 0.1) is 23.1 Å². The van der Waals surface area contributed by atoms with Crippen LogP contribution in [0, 0.1) is 0 Å². The predicted molar refractivity (Wildman–Crippen MR) is 60.3 cm³/mol. The van der Waals surface area contributed by atoms with Gasteiger partial charge in [-0.2, -0.15) is 0 Å². The summed E-state index contributed by atoms with van der Waals surface area (Å²) in [5.74, 6) is 0. The molecule has 72 valence electrons. The summed E-state index contributed by atoms with van der Waals surface area (Å²) in [7, 11) is 0. The van der Waals surface area contributed by atoms with Crippen LogP contribution in [0.1, 0.15) is 6.92 Å². The van der Waals surface area contributed by atoms with E-state index in [1.165, 1.54) is 0 Å². The number of anilines is 2. The van der Waals surface area contributed by atoms with Gasteiger partial charge in [0.1, 0.15) is 0 Å². The van der Waals surface area contributed by atoms with E-state index in [4.69, 9.17) is 5.73 Å². The van der Waals surface area contributed by atoms with Crippen LogP contribution < -0.4 is 11.1 Å². The Kier molecular flexibility index (Phi) is 2.23. The third kappa shape index (κ3) is 1.37. The largest absolute Gasteiger partial charge is 0.396 e. The Hall–Kier alpha value is -1.77. The summed E-state index contributed by atoms with van der Waals surface area (Å²) in [5.41, 5.74) is 8.50. The van der Waals surface area contributed by atoms with Gasteiger partial charge in [0.15, 0.2) is 0 Å². The molecule has 3 heteroatoms. The lowest BCUT2D eigenvalue weighted by atomic mass is 10.1. The molecule has 0 fully saturated rings. The van der Waals surface area contributed by atoms with E-state index >= 15 is 0 Å². The molecular weight excluding hydrogens is 174 g/mol. The Morgan fingerprint density at radius 2 is 2.14 bits per heavy atom. The molecule has 14 heavy (non-hydrogen) atoms. The minimum atomic E-state index is 0.700. The van der Waals surface area contributed by atoms with Crippen LogP contribution in [-0.4, -0.2) is 11.5 Å². The van der Waals surface area contributed by atoms with Crippen molar-refractivity contribution in [3.63, 3.8) is 0 Å². The number of hydrogen-bond donors (Lipinski definition) is 2. The minimum absolute atomic E-state index is 0.700. The predicted octanol–water partition coefficient (Wildman–Crippen LogP) is 2.25. The molecule has 3 nitrogen and oxygen atoms in total. The van der Waals surface area contributed by atoms with Gasteiger partial charge in [-0.05, 0) is 13.0 Å². The van der Waals surface area contributed by atoms with Crippen molar-refractivity contribution in [1.29, 1.82) is 0 Å². The number of pyridine rings is 1. The van der Waals surface area contributed by atoms with Gasteiger partial charge in [-0.3, -0.25) is 4.98 Å². The molecule has 2 rings (SSSR count). The summed E-state index contributed by atoms with van der Waals surface area (Å²) in [6.07, 6.45) is 1.69. The number of rotatable bonds is 2. The van der Waals surface area contributed by atoms with Crippen molar-refractivity contribution in [1.82, 2.24) is 4.98 Å². The van der Waals surface area contributed by atoms with E-state index in [-0.39, 0.29) is 0 Å². The molecule has 0 atom stereocenters.